The zero-order valence-electron chi connectivity index (χ0n) is 41.7. The number of hydrogen-bond acceptors (Lipinski definition) is 0. The lowest BCUT2D eigenvalue weighted by atomic mass is 9.81. The Labute approximate surface area is 447 Å². The molecule has 0 bridgehead atoms. The summed E-state index contributed by atoms with van der Waals surface area (Å²) in [4.78, 5) is -0.688. The van der Waals surface area contributed by atoms with Crippen LogP contribution in [-0.4, -0.2) is 11.1 Å². The van der Waals surface area contributed by atoms with Crippen molar-refractivity contribution in [2.45, 2.75) is 10.1 Å². The van der Waals surface area contributed by atoms with E-state index in [1.165, 1.54) is 75.1 Å². The molecule has 12 aromatic rings. The molecule has 12 aromatic carbocycles. The molecule has 0 aliphatic rings. The van der Waals surface area contributed by atoms with Gasteiger partial charge in [-0.25, -0.2) is 0 Å². The zero-order valence-corrected chi connectivity index (χ0v) is 45.3. The van der Waals surface area contributed by atoms with Crippen molar-refractivity contribution in [2.75, 3.05) is 6.16 Å². The molecule has 0 unspecified atom stereocenters. The fraction of sp³-hybridized carbons (Fsp3) is 0.0423. The van der Waals surface area contributed by atoms with Crippen molar-refractivity contribution in [3.8, 4) is 0 Å². The molecular formula is C71H56P4. The van der Waals surface area contributed by atoms with Crippen LogP contribution in [0.1, 0.15) is 11.1 Å². The van der Waals surface area contributed by atoms with Crippen LogP contribution in [0.3, 0.4) is 0 Å². The van der Waals surface area contributed by atoms with E-state index in [0.29, 0.717) is 0 Å². The standard InChI is InChI=1S/C71H56P4/c1-9-35-58(36-10-1)72(59-37-11-2-12-38-59)55-70(73(60-39-13-3-14-40-60)61-41-15-4-16-42-61,74(62-43-17-5-18-44-62)63-45-19-6-20-46-63)71(68-53-29-33-56-31-25-27-51-66(56)68,69-54-30-34-57-32-26-28-52-67(57)69)75(64-47-21-7-22-48-64)65-49-23-8-24-50-65/h1-54H,55H2. The van der Waals surface area contributed by atoms with E-state index < -0.39 is 41.7 Å². The Hall–Kier alpha value is -7.12. The molecular weight excluding hydrogens is 977 g/mol. The van der Waals surface area contributed by atoms with Crippen molar-refractivity contribution in [1.29, 1.82) is 0 Å². The quantitative estimate of drug-likeness (QED) is 0.0846. The first-order valence-corrected chi connectivity index (χ1v) is 31.4. The van der Waals surface area contributed by atoms with Gasteiger partial charge in [0.15, 0.2) is 0 Å². The van der Waals surface area contributed by atoms with Crippen molar-refractivity contribution in [1.82, 2.24) is 0 Å². The first-order valence-electron chi connectivity index (χ1n) is 25.8. The van der Waals surface area contributed by atoms with Gasteiger partial charge in [-0.15, -0.1) is 0 Å². The highest BCUT2D eigenvalue weighted by Crippen LogP contribution is 2.83. The van der Waals surface area contributed by atoms with Crippen LogP contribution < -0.4 is 42.4 Å². The number of rotatable bonds is 16. The summed E-state index contributed by atoms with van der Waals surface area (Å²) in [6.45, 7) is 0. The third-order valence-corrected chi connectivity index (χ3v) is 28.2. The van der Waals surface area contributed by atoms with Gasteiger partial charge < -0.3 is 0 Å². The summed E-state index contributed by atoms with van der Waals surface area (Å²) in [7, 11) is -5.35. The minimum atomic E-state index is -1.44. The smallest absolute Gasteiger partial charge is 0.0622 e. The van der Waals surface area contributed by atoms with Crippen molar-refractivity contribution in [3.63, 3.8) is 0 Å². The second kappa shape index (κ2) is 22.4. The average molecular weight is 1030 g/mol. The van der Waals surface area contributed by atoms with E-state index in [-0.39, 0.29) is 0 Å². The average Bonchev–Trinajstić information content (AvgIpc) is 3.61. The Morgan fingerprint density at radius 2 is 0.453 bits per heavy atom. The van der Waals surface area contributed by atoms with Gasteiger partial charge in [-0.3, -0.25) is 0 Å². The monoisotopic (exact) mass is 1030 g/mol. The maximum Gasteiger partial charge on any atom is 0.0645 e. The Kier molecular flexibility index (Phi) is 14.6. The van der Waals surface area contributed by atoms with Crippen molar-refractivity contribution in [2.24, 2.45) is 0 Å². The minimum absolute atomic E-state index is 0.688. The SMILES string of the molecule is c1ccc(P(CC(P(c2ccccc2)c2ccccc2)(P(c2ccccc2)c2ccccc2)C(c2cccc3ccccc23)(c2cccc3ccccc23)P(c2ccccc2)c2ccccc2)c2ccccc2)cc1. The summed E-state index contributed by atoms with van der Waals surface area (Å²) < 4.78 is 0. The lowest BCUT2D eigenvalue weighted by Gasteiger charge is -2.63. The van der Waals surface area contributed by atoms with Gasteiger partial charge in [0, 0.05) is 4.90 Å². The van der Waals surface area contributed by atoms with Gasteiger partial charge in [0.05, 0.1) is 5.16 Å². The minimum Gasteiger partial charge on any atom is -0.0622 e. The first kappa shape index (κ1) is 48.8. The van der Waals surface area contributed by atoms with Gasteiger partial charge in [0.25, 0.3) is 0 Å². The maximum absolute atomic E-state index is 2.57. The maximum atomic E-state index is 2.57. The molecule has 75 heavy (non-hydrogen) atoms. The van der Waals surface area contributed by atoms with E-state index in [4.69, 9.17) is 0 Å². The summed E-state index contributed by atoms with van der Waals surface area (Å²) in [5.41, 5.74) is 2.73. The summed E-state index contributed by atoms with van der Waals surface area (Å²) >= 11 is 0. The normalized spacial score (nSPS) is 12.0. The van der Waals surface area contributed by atoms with Crippen LogP contribution in [0.2, 0.25) is 0 Å². The number of hydrogen-bond donors (Lipinski definition) is 0. The molecule has 4 heteroatoms. The third kappa shape index (κ3) is 9.21. The van der Waals surface area contributed by atoms with Crippen molar-refractivity contribution >= 4 is 95.7 Å². The molecule has 0 aliphatic heterocycles. The molecule has 0 saturated carbocycles. The summed E-state index contributed by atoms with van der Waals surface area (Å²) in [6, 6.07) is 127. The molecule has 0 radical (unpaired) electrons. The lowest BCUT2D eigenvalue weighted by Crippen LogP contribution is -2.59. The zero-order chi connectivity index (χ0) is 50.3. The Bertz CT molecular complexity index is 3420. The molecule has 0 fully saturated rings. The van der Waals surface area contributed by atoms with Gasteiger partial charge in [0.2, 0.25) is 0 Å². The van der Waals surface area contributed by atoms with E-state index in [2.05, 4.69) is 328 Å². The molecule has 0 atom stereocenters. The molecule has 0 amide bonds. The van der Waals surface area contributed by atoms with Crippen LogP contribution in [0.15, 0.2) is 328 Å². The van der Waals surface area contributed by atoms with Crippen LogP contribution in [0.25, 0.3) is 21.5 Å². The predicted molar refractivity (Wildman–Crippen MR) is 333 cm³/mol. The fourth-order valence-electron chi connectivity index (χ4n) is 11.7. The largest absolute Gasteiger partial charge is 0.0645 e. The van der Waals surface area contributed by atoms with Gasteiger partial charge in [-0.05, 0) is 113 Å². The van der Waals surface area contributed by atoms with Crippen LogP contribution in [0.4, 0.5) is 0 Å². The molecule has 360 valence electrons. The summed E-state index contributed by atoms with van der Waals surface area (Å²) in [6.07, 6.45) is 0.853. The molecule has 0 nitrogen and oxygen atoms in total. The topological polar surface area (TPSA) is 0 Å². The highest BCUT2D eigenvalue weighted by atomic mass is 31.2. The van der Waals surface area contributed by atoms with Gasteiger partial charge in [-0.1, -0.05) is 328 Å². The van der Waals surface area contributed by atoms with Crippen LogP contribution >= 0.6 is 31.7 Å². The highest BCUT2D eigenvalue weighted by molar-refractivity contribution is 7.93. The Balaban J connectivity index is 1.46. The molecule has 0 spiro atoms. The van der Waals surface area contributed by atoms with E-state index in [1.807, 2.05) is 0 Å². The molecule has 0 saturated heterocycles. The second-order valence-electron chi connectivity index (χ2n) is 18.9. The predicted octanol–water partition coefficient (Wildman–Crippen LogP) is 15.5. The Morgan fingerprint density at radius 3 is 0.760 bits per heavy atom. The highest BCUT2D eigenvalue weighted by Gasteiger charge is 2.67. The van der Waals surface area contributed by atoms with E-state index in [0.717, 1.165) is 6.16 Å². The summed E-state index contributed by atoms with van der Waals surface area (Å²) in [5.74, 6) is 0. The fourth-order valence-corrected chi connectivity index (χ4v) is 28.2. The van der Waals surface area contributed by atoms with Crippen LogP contribution in [-0.2, 0) is 5.16 Å². The molecule has 0 N–H and O–H groups in total. The first-order chi connectivity index (χ1) is 37.3. The van der Waals surface area contributed by atoms with Gasteiger partial charge in [-0.2, -0.15) is 0 Å². The second-order valence-corrected chi connectivity index (χ2v) is 28.7. The lowest BCUT2D eigenvalue weighted by molar-refractivity contribution is 0.680. The van der Waals surface area contributed by atoms with Crippen LogP contribution in [0.5, 0.6) is 0 Å². The van der Waals surface area contributed by atoms with Crippen molar-refractivity contribution < 1.29 is 0 Å². The molecule has 12 rings (SSSR count). The van der Waals surface area contributed by atoms with Gasteiger partial charge >= 0.3 is 0 Å². The van der Waals surface area contributed by atoms with E-state index >= 15 is 0 Å². The van der Waals surface area contributed by atoms with Gasteiger partial charge in [0.1, 0.15) is 0 Å². The molecule has 0 heterocycles. The van der Waals surface area contributed by atoms with Crippen LogP contribution in [0, 0.1) is 0 Å². The van der Waals surface area contributed by atoms with Crippen molar-refractivity contribution in [3.05, 3.63) is 339 Å². The number of fused-ring (bicyclic) bond motifs is 2. The van der Waals surface area contributed by atoms with E-state index in [9.17, 15) is 0 Å². The Morgan fingerprint density at radius 1 is 0.213 bits per heavy atom. The summed E-state index contributed by atoms with van der Waals surface area (Å²) in [5, 5.41) is 15.2. The third-order valence-electron chi connectivity index (χ3n) is 14.6. The number of benzene rings is 12. The molecule has 0 aliphatic carbocycles. The molecule has 0 aromatic heterocycles. The van der Waals surface area contributed by atoms with E-state index in [1.54, 1.807) is 0 Å².